The second-order valence-electron chi connectivity index (χ2n) is 4.07. The molecule has 0 spiro atoms. The highest BCUT2D eigenvalue weighted by Crippen LogP contribution is 2.14. The molecule has 0 saturated carbocycles. The van der Waals surface area contributed by atoms with E-state index in [4.69, 9.17) is 10.5 Å². The van der Waals surface area contributed by atoms with Crippen molar-refractivity contribution in [2.75, 3.05) is 12.8 Å². The Morgan fingerprint density at radius 1 is 1.06 bits per heavy atom. The first-order chi connectivity index (χ1) is 8.69. The van der Waals surface area contributed by atoms with E-state index in [1.54, 1.807) is 43.5 Å². The number of methoxy groups -OCH3 is 1. The Kier molecular flexibility index (Phi) is 3.63. The Labute approximate surface area is 106 Å². The first-order valence-electron chi connectivity index (χ1n) is 5.71. The van der Waals surface area contributed by atoms with Crippen LogP contribution in [0, 0.1) is 0 Å². The van der Waals surface area contributed by atoms with E-state index in [1.165, 1.54) is 0 Å². The number of nitrogens with two attached hydrogens (primary N) is 1. The van der Waals surface area contributed by atoms with E-state index >= 15 is 0 Å². The summed E-state index contributed by atoms with van der Waals surface area (Å²) in [5.74, 6) is 0.835. The van der Waals surface area contributed by atoms with Crippen molar-refractivity contribution in [1.82, 2.24) is 0 Å². The zero-order valence-electron chi connectivity index (χ0n) is 10.2. The number of ketones is 1. The lowest BCUT2D eigenvalue weighted by Gasteiger charge is -2.04. The number of Topliss-reactive ketones (excluding diaryl/α,β-unsaturated/α-hetero) is 1. The lowest BCUT2D eigenvalue weighted by atomic mass is 10.0. The standard InChI is InChI=1S/C15H15NO2/c1-18-14-8-4-12(5-9-14)15(17)10-11-2-6-13(16)7-3-11/h2-9H,10,16H2,1H3. The fraction of sp³-hybridized carbons (Fsp3) is 0.133. The molecule has 92 valence electrons. The fourth-order valence-electron chi connectivity index (χ4n) is 1.70. The highest BCUT2D eigenvalue weighted by Gasteiger charge is 2.07. The van der Waals surface area contributed by atoms with E-state index in [0.29, 0.717) is 17.7 Å². The maximum absolute atomic E-state index is 12.0. The molecule has 0 aliphatic rings. The van der Waals surface area contributed by atoms with Gasteiger partial charge in [-0.05, 0) is 42.0 Å². The van der Waals surface area contributed by atoms with Gasteiger partial charge < -0.3 is 10.5 Å². The summed E-state index contributed by atoms with van der Waals surface area (Å²) in [6.45, 7) is 0. The van der Waals surface area contributed by atoms with Crippen molar-refractivity contribution < 1.29 is 9.53 Å². The quantitative estimate of drug-likeness (QED) is 0.661. The van der Waals surface area contributed by atoms with E-state index in [9.17, 15) is 4.79 Å². The summed E-state index contributed by atoms with van der Waals surface area (Å²) in [5.41, 5.74) is 7.96. The van der Waals surface area contributed by atoms with Gasteiger partial charge in [0.2, 0.25) is 0 Å². The number of hydrogen-bond acceptors (Lipinski definition) is 3. The third-order valence-electron chi connectivity index (χ3n) is 2.76. The highest BCUT2D eigenvalue weighted by molar-refractivity contribution is 5.97. The summed E-state index contributed by atoms with van der Waals surface area (Å²) < 4.78 is 5.06. The van der Waals surface area contributed by atoms with Crippen LogP contribution in [-0.2, 0) is 6.42 Å². The van der Waals surface area contributed by atoms with Crippen LogP contribution in [0.1, 0.15) is 15.9 Å². The molecule has 3 nitrogen and oxygen atoms in total. The van der Waals surface area contributed by atoms with Gasteiger partial charge in [0.1, 0.15) is 5.75 Å². The van der Waals surface area contributed by atoms with Crippen LogP contribution in [0.5, 0.6) is 5.75 Å². The third kappa shape index (κ3) is 2.88. The molecule has 0 aromatic heterocycles. The first kappa shape index (κ1) is 12.2. The maximum atomic E-state index is 12.0. The largest absolute Gasteiger partial charge is 0.497 e. The molecule has 0 radical (unpaired) electrons. The van der Waals surface area contributed by atoms with Crippen LogP contribution in [0.3, 0.4) is 0 Å². The lowest BCUT2D eigenvalue weighted by Crippen LogP contribution is -2.03. The molecule has 0 atom stereocenters. The minimum atomic E-state index is 0.0856. The molecule has 2 aromatic carbocycles. The smallest absolute Gasteiger partial charge is 0.167 e. The molecular weight excluding hydrogens is 226 g/mol. The second kappa shape index (κ2) is 5.36. The summed E-state index contributed by atoms with van der Waals surface area (Å²) in [7, 11) is 1.60. The molecule has 2 N–H and O–H groups in total. The number of anilines is 1. The number of rotatable bonds is 4. The van der Waals surface area contributed by atoms with Gasteiger partial charge in [-0.3, -0.25) is 4.79 Å². The molecule has 0 amide bonds. The van der Waals surface area contributed by atoms with Gasteiger partial charge in [-0.25, -0.2) is 0 Å². The predicted molar refractivity (Wildman–Crippen MR) is 71.9 cm³/mol. The second-order valence-corrected chi connectivity index (χ2v) is 4.07. The number of nitrogen functional groups attached to an aromatic ring is 1. The monoisotopic (exact) mass is 241 g/mol. The van der Waals surface area contributed by atoms with Crippen molar-refractivity contribution in [3.63, 3.8) is 0 Å². The highest BCUT2D eigenvalue weighted by atomic mass is 16.5. The van der Waals surface area contributed by atoms with Crippen molar-refractivity contribution in [1.29, 1.82) is 0 Å². The van der Waals surface area contributed by atoms with Crippen molar-refractivity contribution in [3.05, 3.63) is 59.7 Å². The Balaban J connectivity index is 2.09. The topological polar surface area (TPSA) is 52.3 Å². The molecule has 2 aromatic rings. The number of hydrogen-bond donors (Lipinski definition) is 1. The third-order valence-corrected chi connectivity index (χ3v) is 2.76. The minimum absolute atomic E-state index is 0.0856. The molecule has 0 fully saturated rings. The Bertz CT molecular complexity index is 529. The molecule has 0 bridgehead atoms. The average molecular weight is 241 g/mol. The van der Waals surface area contributed by atoms with E-state index in [0.717, 1.165) is 11.3 Å². The number of carbonyl (C=O) groups is 1. The van der Waals surface area contributed by atoms with Gasteiger partial charge in [0.15, 0.2) is 5.78 Å². The van der Waals surface area contributed by atoms with E-state index in [2.05, 4.69) is 0 Å². The van der Waals surface area contributed by atoms with Crippen molar-refractivity contribution >= 4 is 11.5 Å². The molecule has 3 heteroatoms. The Morgan fingerprint density at radius 3 is 2.22 bits per heavy atom. The Morgan fingerprint density at radius 2 is 1.67 bits per heavy atom. The van der Waals surface area contributed by atoms with Crippen LogP contribution >= 0.6 is 0 Å². The molecule has 0 aliphatic carbocycles. The zero-order chi connectivity index (χ0) is 13.0. The normalized spacial score (nSPS) is 10.1. The van der Waals surface area contributed by atoms with E-state index in [1.807, 2.05) is 12.1 Å². The number of ether oxygens (including phenoxy) is 1. The molecule has 0 saturated heterocycles. The number of benzene rings is 2. The summed E-state index contributed by atoms with van der Waals surface area (Å²) in [6.07, 6.45) is 0.382. The van der Waals surface area contributed by atoms with Crippen LogP contribution in [0.4, 0.5) is 5.69 Å². The van der Waals surface area contributed by atoms with Gasteiger partial charge in [-0.15, -0.1) is 0 Å². The summed E-state index contributed by atoms with van der Waals surface area (Å²) in [5, 5.41) is 0. The van der Waals surface area contributed by atoms with Gasteiger partial charge >= 0.3 is 0 Å². The average Bonchev–Trinajstić information content (AvgIpc) is 2.41. The molecule has 18 heavy (non-hydrogen) atoms. The van der Waals surface area contributed by atoms with E-state index in [-0.39, 0.29) is 5.78 Å². The SMILES string of the molecule is COc1ccc(C(=O)Cc2ccc(N)cc2)cc1. The van der Waals surface area contributed by atoms with Gasteiger partial charge in [0, 0.05) is 17.7 Å². The van der Waals surface area contributed by atoms with Crippen molar-refractivity contribution in [2.45, 2.75) is 6.42 Å². The molecular formula is C15H15NO2. The van der Waals surface area contributed by atoms with Gasteiger partial charge in [-0.1, -0.05) is 12.1 Å². The van der Waals surface area contributed by atoms with Crippen LogP contribution in [0.15, 0.2) is 48.5 Å². The summed E-state index contributed by atoms with van der Waals surface area (Å²) in [6, 6.07) is 14.5. The van der Waals surface area contributed by atoms with Gasteiger partial charge in [-0.2, -0.15) is 0 Å². The van der Waals surface area contributed by atoms with Crippen molar-refractivity contribution in [3.8, 4) is 5.75 Å². The first-order valence-corrected chi connectivity index (χ1v) is 5.71. The van der Waals surface area contributed by atoms with Gasteiger partial charge in [0.25, 0.3) is 0 Å². The van der Waals surface area contributed by atoms with E-state index < -0.39 is 0 Å². The lowest BCUT2D eigenvalue weighted by molar-refractivity contribution is 0.0993. The van der Waals surface area contributed by atoms with Crippen LogP contribution in [0.2, 0.25) is 0 Å². The maximum Gasteiger partial charge on any atom is 0.167 e. The Hall–Kier alpha value is -2.29. The predicted octanol–water partition coefficient (Wildman–Crippen LogP) is 2.70. The van der Waals surface area contributed by atoms with Gasteiger partial charge in [0.05, 0.1) is 7.11 Å². The summed E-state index contributed by atoms with van der Waals surface area (Å²) >= 11 is 0. The van der Waals surface area contributed by atoms with Crippen molar-refractivity contribution in [2.24, 2.45) is 0 Å². The molecule has 2 rings (SSSR count). The molecule has 0 heterocycles. The zero-order valence-corrected chi connectivity index (χ0v) is 10.2. The van der Waals surface area contributed by atoms with Crippen LogP contribution in [0.25, 0.3) is 0 Å². The molecule has 0 unspecified atom stereocenters. The van der Waals surface area contributed by atoms with Crippen LogP contribution < -0.4 is 10.5 Å². The van der Waals surface area contributed by atoms with Crippen LogP contribution in [-0.4, -0.2) is 12.9 Å². The fourth-order valence-corrected chi connectivity index (χ4v) is 1.70. The number of carbonyl (C=O) groups excluding carboxylic acids is 1. The minimum Gasteiger partial charge on any atom is -0.497 e. The molecule has 0 aliphatic heterocycles. The summed E-state index contributed by atoms with van der Waals surface area (Å²) in [4.78, 5) is 12.0.